The number of carbonyl (C=O) groups excluding carboxylic acids is 2. The summed E-state index contributed by atoms with van der Waals surface area (Å²) in [6, 6.07) is 16.6. The van der Waals surface area contributed by atoms with Crippen LogP contribution in [0.15, 0.2) is 72.8 Å². The molecule has 0 amide bonds. The van der Waals surface area contributed by atoms with Crippen LogP contribution in [0.25, 0.3) is 11.1 Å². The number of fused-ring (bicyclic) bond motifs is 3. The van der Waals surface area contributed by atoms with Crippen LogP contribution in [0.2, 0.25) is 0 Å². The Labute approximate surface area is 374 Å². The molecule has 4 aromatic carbocycles. The molecule has 5 rings (SSSR count). The summed E-state index contributed by atoms with van der Waals surface area (Å²) in [5.41, 5.74) is 5.06. The van der Waals surface area contributed by atoms with Gasteiger partial charge in [-0.25, -0.2) is 9.59 Å². The number of benzene rings is 4. The average Bonchev–Trinajstić information content (AvgIpc) is 3.57. The summed E-state index contributed by atoms with van der Waals surface area (Å²) in [6.07, 6.45) is 3.97. The van der Waals surface area contributed by atoms with Crippen LogP contribution in [0.1, 0.15) is 127 Å². The van der Waals surface area contributed by atoms with Crippen LogP contribution in [0.4, 0.5) is 0 Å². The Bertz CT molecular complexity index is 2140. The van der Waals surface area contributed by atoms with Gasteiger partial charge in [0.05, 0.1) is 56.2 Å². The van der Waals surface area contributed by atoms with Crippen molar-refractivity contribution >= 4 is 11.9 Å². The predicted molar refractivity (Wildman–Crippen MR) is 249 cm³/mol. The largest absolute Gasteiger partial charge is 0.493 e. The molecule has 0 radical (unpaired) electrons. The zero-order valence-corrected chi connectivity index (χ0v) is 39.1. The molecule has 0 fully saturated rings. The number of hydrogen-bond donors (Lipinski definition) is 0. The molecule has 0 spiro atoms. The van der Waals surface area contributed by atoms with Crippen LogP contribution >= 0.6 is 0 Å². The standard InChI is InChI=1S/C53H66O10/c1-13-27-56-43-35(11)45(62-51(54)33(7)8)49(60-31-17-5)47(58-29-15-3)41(43)53(39-25-21-19-23-37(39)38-24-20-22-26-40(38)53)42-44(57-28-14-2)36(12)46(63-52(55)34(9)10)50(61-32-18-6)48(42)59-30-16-4/h19-26H,7,9,13-18,27-32H2,1-6,8,10-12H3. The van der Waals surface area contributed by atoms with E-state index in [0.29, 0.717) is 110 Å². The Morgan fingerprint density at radius 2 is 0.730 bits per heavy atom. The summed E-state index contributed by atoms with van der Waals surface area (Å²) in [7, 11) is 0. The van der Waals surface area contributed by atoms with Gasteiger partial charge < -0.3 is 37.9 Å². The fourth-order valence-corrected chi connectivity index (χ4v) is 7.87. The van der Waals surface area contributed by atoms with Crippen LogP contribution in [-0.4, -0.2) is 51.6 Å². The van der Waals surface area contributed by atoms with E-state index in [2.05, 4.69) is 37.4 Å². The van der Waals surface area contributed by atoms with Gasteiger partial charge in [-0.05, 0) is 88.5 Å². The van der Waals surface area contributed by atoms with E-state index in [-0.39, 0.29) is 47.4 Å². The molecule has 0 saturated heterocycles. The third-order valence-corrected chi connectivity index (χ3v) is 10.6. The molecular weight excluding hydrogens is 797 g/mol. The maximum atomic E-state index is 13.5. The number of ether oxygens (including phenoxy) is 8. The molecule has 0 heterocycles. The summed E-state index contributed by atoms with van der Waals surface area (Å²) in [4.78, 5) is 27.1. The van der Waals surface area contributed by atoms with Crippen LogP contribution < -0.4 is 37.9 Å². The highest BCUT2D eigenvalue weighted by molar-refractivity contribution is 5.94. The molecule has 1 aliphatic carbocycles. The van der Waals surface area contributed by atoms with E-state index in [9.17, 15) is 9.59 Å². The maximum absolute atomic E-state index is 13.5. The first-order valence-electron chi connectivity index (χ1n) is 22.5. The van der Waals surface area contributed by atoms with Crippen molar-refractivity contribution in [1.82, 2.24) is 0 Å². The zero-order valence-electron chi connectivity index (χ0n) is 39.1. The van der Waals surface area contributed by atoms with Gasteiger partial charge in [-0.3, -0.25) is 0 Å². The molecule has 0 unspecified atom stereocenters. The Morgan fingerprint density at radius 3 is 1.03 bits per heavy atom. The molecule has 10 nitrogen and oxygen atoms in total. The summed E-state index contributed by atoms with van der Waals surface area (Å²) in [5.74, 6) is 1.23. The lowest BCUT2D eigenvalue weighted by Crippen LogP contribution is -2.33. The fraction of sp³-hybridized carbons (Fsp3) is 0.434. The lowest BCUT2D eigenvalue weighted by Gasteiger charge is -2.40. The minimum Gasteiger partial charge on any atom is -0.493 e. The van der Waals surface area contributed by atoms with Gasteiger partial charge in [0.2, 0.25) is 11.5 Å². The van der Waals surface area contributed by atoms with Crippen LogP contribution in [0, 0.1) is 13.8 Å². The van der Waals surface area contributed by atoms with Crippen molar-refractivity contribution in [1.29, 1.82) is 0 Å². The molecule has 0 bridgehead atoms. The Morgan fingerprint density at radius 1 is 0.444 bits per heavy atom. The highest BCUT2D eigenvalue weighted by atomic mass is 16.6. The average molecular weight is 863 g/mol. The van der Waals surface area contributed by atoms with Crippen LogP contribution in [0.5, 0.6) is 46.0 Å². The normalized spacial score (nSPS) is 12.2. The van der Waals surface area contributed by atoms with E-state index >= 15 is 0 Å². The Balaban J connectivity index is 2.24. The Hall–Kier alpha value is -5.90. The topological polar surface area (TPSA) is 108 Å². The fourth-order valence-electron chi connectivity index (χ4n) is 7.87. The Kier molecular flexibility index (Phi) is 16.8. The van der Waals surface area contributed by atoms with E-state index in [0.717, 1.165) is 22.3 Å². The van der Waals surface area contributed by atoms with E-state index in [4.69, 9.17) is 37.9 Å². The minimum absolute atomic E-state index is 0.183. The number of esters is 2. The molecule has 338 valence electrons. The van der Waals surface area contributed by atoms with Gasteiger partial charge in [-0.1, -0.05) is 103 Å². The van der Waals surface area contributed by atoms with Gasteiger partial charge in [-0.15, -0.1) is 0 Å². The zero-order chi connectivity index (χ0) is 45.8. The highest BCUT2D eigenvalue weighted by Gasteiger charge is 2.55. The minimum atomic E-state index is -1.37. The van der Waals surface area contributed by atoms with Crippen molar-refractivity contribution in [3.05, 3.63) is 106 Å². The molecule has 1 aliphatic rings. The second-order valence-corrected chi connectivity index (χ2v) is 15.9. The number of rotatable bonds is 24. The SMILES string of the molecule is C=C(C)C(=O)Oc1c(C)c(OCCC)c(C2(c3c(OCCC)c(C)c(OC(=O)C(=C)C)c(OCCC)c3OCCC)c3ccccc3-c3ccccc32)c(OCCC)c1OCCC. The summed E-state index contributed by atoms with van der Waals surface area (Å²) < 4.78 is 54.0. The van der Waals surface area contributed by atoms with Crippen molar-refractivity contribution < 1.29 is 47.5 Å². The van der Waals surface area contributed by atoms with Crippen molar-refractivity contribution in [3.8, 4) is 57.1 Å². The molecule has 4 aromatic rings. The van der Waals surface area contributed by atoms with E-state index in [1.54, 1.807) is 13.8 Å². The highest BCUT2D eigenvalue weighted by Crippen LogP contribution is 2.68. The van der Waals surface area contributed by atoms with Gasteiger partial charge in [0, 0.05) is 22.3 Å². The summed E-state index contributed by atoms with van der Waals surface area (Å²) in [6.45, 7) is 28.7. The van der Waals surface area contributed by atoms with Gasteiger partial charge >= 0.3 is 11.9 Å². The first kappa shape index (κ1) is 48.1. The van der Waals surface area contributed by atoms with E-state index in [1.165, 1.54) is 0 Å². The van der Waals surface area contributed by atoms with Crippen molar-refractivity contribution in [2.45, 2.75) is 113 Å². The molecule has 0 aliphatic heterocycles. The van der Waals surface area contributed by atoms with Crippen LogP contribution in [0.3, 0.4) is 0 Å². The third-order valence-electron chi connectivity index (χ3n) is 10.6. The summed E-state index contributed by atoms with van der Waals surface area (Å²) in [5, 5.41) is 0. The van der Waals surface area contributed by atoms with Crippen molar-refractivity contribution in [2.24, 2.45) is 0 Å². The van der Waals surface area contributed by atoms with Gasteiger partial charge in [-0.2, -0.15) is 0 Å². The quantitative estimate of drug-likeness (QED) is 0.0338. The molecule has 0 atom stereocenters. The van der Waals surface area contributed by atoms with Crippen molar-refractivity contribution in [2.75, 3.05) is 39.6 Å². The number of hydrogen-bond acceptors (Lipinski definition) is 10. The smallest absolute Gasteiger partial charge is 0.338 e. The molecule has 0 saturated carbocycles. The van der Waals surface area contributed by atoms with Gasteiger partial charge in [0.1, 0.15) is 11.5 Å². The molecule has 10 heteroatoms. The molecule has 0 N–H and O–H groups in total. The second-order valence-electron chi connectivity index (χ2n) is 15.9. The third kappa shape index (κ3) is 9.41. The van der Waals surface area contributed by atoms with Gasteiger partial charge in [0.15, 0.2) is 23.0 Å². The molecule has 63 heavy (non-hydrogen) atoms. The second kappa shape index (κ2) is 21.9. The first-order valence-corrected chi connectivity index (χ1v) is 22.5. The molecular formula is C53H66O10. The summed E-state index contributed by atoms with van der Waals surface area (Å²) >= 11 is 0. The lowest BCUT2D eigenvalue weighted by molar-refractivity contribution is -0.131. The van der Waals surface area contributed by atoms with E-state index < -0.39 is 17.4 Å². The lowest BCUT2D eigenvalue weighted by atomic mass is 9.65. The first-order chi connectivity index (χ1) is 30.4. The van der Waals surface area contributed by atoms with E-state index in [1.807, 2.05) is 79.7 Å². The van der Waals surface area contributed by atoms with Crippen molar-refractivity contribution in [3.63, 3.8) is 0 Å². The number of carbonyl (C=O) groups is 2. The van der Waals surface area contributed by atoms with Crippen LogP contribution in [-0.2, 0) is 15.0 Å². The monoisotopic (exact) mass is 862 g/mol. The van der Waals surface area contributed by atoms with Gasteiger partial charge in [0.25, 0.3) is 0 Å². The maximum Gasteiger partial charge on any atom is 0.338 e. The molecule has 0 aromatic heterocycles. The predicted octanol–water partition coefficient (Wildman–Crippen LogP) is 12.4.